The monoisotopic (exact) mass is 380 g/mol. The number of carbonyl (C=O) groups is 1. The Balaban J connectivity index is 2.30. The average Bonchev–Trinajstić information content (AvgIpc) is 2.57. The molecule has 1 heterocycles. The summed E-state index contributed by atoms with van der Waals surface area (Å²) >= 11 is 11.0. The average molecular weight is 381 g/mol. The maximum atomic E-state index is 12.0. The van der Waals surface area contributed by atoms with Crippen molar-refractivity contribution in [2.45, 2.75) is 26.3 Å². The molecule has 25 heavy (non-hydrogen) atoms. The van der Waals surface area contributed by atoms with Crippen LogP contribution in [0.15, 0.2) is 34.2 Å². The molecule has 0 saturated carbocycles. The summed E-state index contributed by atoms with van der Waals surface area (Å²) in [6, 6.07) is 6.37. The second-order valence-electron chi connectivity index (χ2n) is 5.30. The fraction of sp³-hybridized carbons (Fsp3) is 0.250. The largest absolute Gasteiger partial charge is 0.494 e. The van der Waals surface area contributed by atoms with Gasteiger partial charge in [0, 0.05) is 6.04 Å². The van der Waals surface area contributed by atoms with Gasteiger partial charge < -0.3 is 5.11 Å². The number of nitrogens with one attached hydrogen (secondary N) is 2. The lowest BCUT2D eigenvalue weighted by Gasteiger charge is -2.16. The summed E-state index contributed by atoms with van der Waals surface area (Å²) in [5.74, 6) is -0.841. The van der Waals surface area contributed by atoms with Crippen LogP contribution in [0, 0.1) is 4.77 Å². The van der Waals surface area contributed by atoms with Crippen LogP contribution >= 0.6 is 23.8 Å². The zero-order chi connectivity index (χ0) is 18.6. The number of aromatic amines is 1. The number of nitrogens with zero attached hydrogens (tertiary/aromatic N) is 2. The molecule has 0 aliphatic heterocycles. The highest BCUT2D eigenvalue weighted by Crippen LogP contribution is 2.20. The summed E-state index contributed by atoms with van der Waals surface area (Å²) in [6.07, 6.45) is 1.77. The molecular weight excluding hydrogens is 364 g/mol. The third-order valence-electron chi connectivity index (χ3n) is 3.66. The summed E-state index contributed by atoms with van der Waals surface area (Å²) in [4.78, 5) is 26.5. The highest BCUT2D eigenvalue weighted by atomic mass is 35.5. The lowest BCUT2D eigenvalue weighted by atomic mass is 10.2. The normalized spacial score (nSPS) is 12.3. The van der Waals surface area contributed by atoms with Gasteiger partial charge in [-0.25, -0.2) is 5.43 Å². The van der Waals surface area contributed by atoms with Crippen LogP contribution in [0.1, 0.15) is 42.2 Å². The number of hydrogen-bond acceptors (Lipinski definition) is 5. The number of H-pyrrole nitrogens is 1. The number of amides is 1. The van der Waals surface area contributed by atoms with Crippen molar-refractivity contribution in [3.05, 3.63) is 55.5 Å². The molecule has 0 radical (unpaired) electrons. The Bertz CT molecular complexity index is 936. The highest BCUT2D eigenvalue weighted by Gasteiger charge is 2.15. The molecule has 132 valence electrons. The standard InChI is InChI=1S/C16H17ClN4O3S/c1-3-9(2)21-15(24)11(13(22)19-16(21)25)8-18-20-14(23)10-6-4-5-7-12(10)17/h4-9,24H,3H2,1-2H3,(H,20,23)(H,19,22,25). The van der Waals surface area contributed by atoms with E-state index < -0.39 is 11.5 Å². The number of carbonyl (C=O) groups excluding carboxylic acids is 1. The fourth-order valence-electron chi connectivity index (χ4n) is 2.12. The maximum Gasteiger partial charge on any atom is 0.272 e. The second kappa shape index (κ2) is 8.09. The van der Waals surface area contributed by atoms with Crippen molar-refractivity contribution < 1.29 is 9.90 Å². The third kappa shape index (κ3) is 4.15. The number of rotatable bonds is 5. The van der Waals surface area contributed by atoms with Gasteiger partial charge in [0.2, 0.25) is 5.88 Å². The molecule has 0 saturated heterocycles. The van der Waals surface area contributed by atoms with Crippen LogP contribution in [0.3, 0.4) is 0 Å². The number of aromatic nitrogens is 2. The van der Waals surface area contributed by atoms with E-state index in [0.717, 1.165) is 6.21 Å². The second-order valence-corrected chi connectivity index (χ2v) is 6.10. The molecule has 0 spiro atoms. The van der Waals surface area contributed by atoms with Gasteiger partial charge in [-0.05, 0) is 37.7 Å². The summed E-state index contributed by atoms with van der Waals surface area (Å²) in [6.45, 7) is 3.78. The maximum absolute atomic E-state index is 12.0. The van der Waals surface area contributed by atoms with Gasteiger partial charge in [0.05, 0.1) is 16.8 Å². The van der Waals surface area contributed by atoms with Gasteiger partial charge in [0.1, 0.15) is 5.56 Å². The molecule has 3 N–H and O–H groups in total. The zero-order valence-electron chi connectivity index (χ0n) is 13.6. The molecule has 1 amide bonds. The Labute approximate surface area is 154 Å². The highest BCUT2D eigenvalue weighted by molar-refractivity contribution is 7.71. The Kier molecular flexibility index (Phi) is 6.11. The topological polar surface area (TPSA) is 99.5 Å². The van der Waals surface area contributed by atoms with Crippen LogP contribution in [0.2, 0.25) is 5.02 Å². The predicted molar refractivity (Wildman–Crippen MR) is 99.1 cm³/mol. The van der Waals surface area contributed by atoms with Gasteiger partial charge >= 0.3 is 0 Å². The first kappa shape index (κ1) is 18.9. The Morgan fingerprint density at radius 3 is 2.84 bits per heavy atom. The Hall–Kier alpha value is -2.45. The number of benzene rings is 1. The van der Waals surface area contributed by atoms with Crippen LogP contribution in [-0.2, 0) is 0 Å². The first-order valence-electron chi connectivity index (χ1n) is 7.52. The minimum Gasteiger partial charge on any atom is -0.494 e. The summed E-state index contributed by atoms with van der Waals surface area (Å²) < 4.78 is 1.54. The fourth-order valence-corrected chi connectivity index (χ4v) is 2.70. The predicted octanol–water partition coefficient (Wildman–Crippen LogP) is 3.00. The molecule has 1 atom stereocenters. The zero-order valence-corrected chi connectivity index (χ0v) is 15.2. The molecular formula is C16H17ClN4O3S. The number of hydrogen-bond donors (Lipinski definition) is 3. The van der Waals surface area contributed by atoms with Crippen molar-refractivity contribution in [2.24, 2.45) is 5.10 Å². The molecule has 0 fully saturated rings. The van der Waals surface area contributed by atoms with E-state index in [1.165, 1.54) is 4.57 Å². The van der Waals surface area contributed by atoms with Gasteiger partial charge in [0.25, 0.3) is 11.5 Å². The quantitative estimate of drug-likeness (QED) is 0.421. The van der Waals surface area contributed by atoms with Crippen molar-refractivity contribution >= 4 is 35.9 Å². The Morgan fingerprint density at radius 1 is 1.52 bits per heavy atom. The van der Waals surface area contributed by atoms with Gasteiger partial charge in [0.15, 0.2) is 4.77 Å². The van der Waals surface area contributed by atoms with Crippen molar-refractivity contribution in [1.82, 2.24) is 15.0 Å². The lowest BCUT2D eigenvalue weighted by Crippen LogP contribution is -2.22. The molecule has 9 heteroatoms. The third-order valence-corrected chi connectivity index (χ3v) is 4.29. The van der Waals surface area contributed by atoms with Crippen LogP contribution in [-0.4, -0.2) is 26.8 Å². The van der Waals surface area contributed by atoms with E-state index in [0.29, 0.717) is 6.42 Å². The van der Waals surface area contributed by atoms with Gasteiger partial charge in [-0.3, -0.25) is 19.1 Å². The van der Waals surface area contributed by atoms with E-state index in [2.05, 4.69) is 15.5 Å². The number of hydrazone groups is 1. The van der Waals surface area contributed by atoms with Crippen molar-refractivity contribution in [2.75, 3.05) is 0 Å². The molecule has 0 bridgehead atoms. The van der Waals surface area contributed by atoms with E-state index in [1.54, 1.807) is 24.3 Å². The molecule has 1 unspecified atom stereocenters. The molecule has 0 aliphatic carbocycles. The van der Waals surface area contributed by atoms with Crippen LogP contribution in [0.25, 0.3) is 0 Å². The number of aromatic hydroxyl groups is 1. The summed E-state index contributed by atoms with van der Waals surface area (Å²) in [7, 11) is 0. The SMILES string of the molecule is CCC(C)n1c(O)c(C=NNC(=O)c2ccccc2Cl)c(=O)[nH]c1=S. The first-order chi connectivity index (χ1) is 11.9. The first-order valence-corrected chi connectivity index (χ1v) is 8.31. The Morgan fingerprint density at radius 2 is 2.20 bits per heavy atom. The van der Waals surface area contributed by atoms with E-state index in [-0.39, 0.29) is 32.8 Å². The van der Waals surface area contributed by atoms with E-state index >= 15 is 0 Å². The smallest absolute Gasteiger partial charge is 0.272 e. The van der Waals surface area contributed by atoms with Crippen LogP contribution in [0.4, 0.5) is 0 Å². The molecule has 1 aromatic carbocycles. The van der Waals surface area contributed by atoms with Gasteiger partial charge in [-0.15, -0.1) is 0 Å². The van der Waals surface area contributed by atoms with E-state index in [4.69, 9.17) is 23.8 Å². The van der Waals surface area contributed by atoms with Crippen molar-refractivity contribution in [3.63, 3.8) is 0 Å². The number of halogens is 1. The van der Waals surface area contributed by atoms with Crippen LogP contribution in [0.5, 0.6) is 5.88 Å². The molecule has 0 aliphatic rings. The molecule has 2 rings (SSSR count). The van der Waals surface area contributed by atoms with Gasteiger partial charge in [-0.2, -0.15) is 5.10 Å². The molecule has 1 aromatic heterocycles. The summed E-state index contributed by atoms with van der Waals surface area (Å²) in [5.41, 5.74) is 1.81. The van der Waals surface area contributed by atoms with E-state index in [9.17, 15) is 14.7 Å². The minimum absolute atomic E-state index is 0.103. The lowest BCUT2D eigenvalue weighted by molar-refractivity contribution is 0.0955. The van der Waals surface area contributed by atoms with Crippen molar-refractivity contribution in [1.29, 1.82) is 0 Å². The molecule has 7 nitrogen and oxygen atoms in total. The van der Waals surface area contributed by atoms with Gasteiger partial charge in [-0.1, -0.05) is 30.7 Å². The van der Waals surface area contributed by atoms with Crippen molar-refractivity contribution in [3.8, 4) is 5.88 Å². The summed E-state index contributed by atoms with van der Waals surface area (Å²) in [5, 5.41) is 14.3. The molecule has 2 aromatic rings. The minimum atomic E-state index is -0.599. The van der Waals surface area contributed by atoms with E-state index in [1.807, 2.05) is 13.8 Å². The van der Waals surface area contributed by atoms with Crippen LogP contribution < -0.4 is 11.0 Å².